The molecule has 1 atom stereocenters. The van der Waals surface area contributed by atoms with Gasteiger partial charge in [0.05, 0.1) is 11.6 Å². The smallest absolute Gasteiger partial charge is 0.406 e. The van der Waals surface area contributed by atoms with E-state index in [0.29, 0.717) is 30.3 Å². The second-order valence-corrected chi connectivity index (χ2v) is 7.92. The standard InChI is InChI=1S/C22H23F3N6O2/c1-14-10-15(2)31(29-14)20-11-19(26-13-27-20)30-9-3-4-16(12-30)21(32)28-17-5-7-18(8-6-17)33-22(23,24)25/h5-8,10-11,13,16H,3-4,9,12H2,1-2H3,(H,28,32). The van der Waals surface area contributed by atoms with Crippen LogP contribution in [0.2, 0.25) is 0 Å². The van der Waals surface area contributed by atoms with Crippen LogP contribution in [0, 0.1) is 19.8 Å². The summed E-state index contributed by atoms with van der Waals surface area (Å²) in [5.74, 6) is 0.525. The summed E-state index contributed by atoms with van der Waals surface area (Å²) in [6.45, 7) is 5.08. The Morgan fingerprint density at radius 3 is 2.52 bits per heavy atom. The number of aryl methyl sites for hydroxylation is 2. The van der Waals surface area contributed by atoms with Crippen molar-refractivity contribution in [2.75, 3.05) is 23.3 Å². The Hall–Kier alpha value is -3.63. The number of aromatic nitrogens is 4. The molecule has 0 radical (unpaired) electrons. The van der Waals surface area contributed by atoms with Crippen LogP contribution < -0.4 is 15.0 Å². The minimum atomic E-state index is -4.76. The number of alkyl halides is 3. The first-order valence-electron chi connectivity index (χ1n) is 10.5. The van der Waals surface area contributed by atoms with E-state index in [0.717, 1.165) is 36.5 Å². The third kappa shape index (κ3) is 5.60. The summed E-state index contributed by atoms with van der Waals surface area (Å²) in [7, 11) is 0. The fraction of sp³-hybridized carbons (Fsp3) is 0.364. The second kappa shape index (κ2) is 9.08. The van der Waals surface area contributed by atoms with Crippen molar-refractivity contribution in [3.05, 3.63) is 54.1 Å². The summed E-state index contributed by atoms with van der Waals surface area (Å²) >= 11 is 0. The van der Waals surface area contributed by atoms with E-state index in [2.05, 4.69) is 25.1 Å². The van der Waals surface area contributed by atoms with Gasteiger partial charge >= 0.3 is 6.36 Å². The monoisotopic (exact) mass is 460 g/mol. The van der Waals surface area contributed by atoms with Crippen molar-refractivity contribution in [3.8, 4) is 11.6 Å². The number of rotatable bonds is 5. The average molecular weight is 460 g/mol. The molecule has 8 nitrogen and oxygen atoms in total. The van der Waals surface area contributed by atoms with Crippen LogP contribution in [0.1, 0.15) is 24.2 Å². The van der Waals surface area contributed by atoms with Gasteiger partial charge in [0, 0.05) is 30.5 Å². The topological polar surface area (TPSA) is 85.2 Å². The second-order valence-electron chi connectivity index (χ2n) is 7.92. The zero-order valence-corrected chi connectivity index (χ0v) is 18.1. The number of carbonyl (C=O) groups excluding carboxylic acids is 1. The van der Waals surface area contributed by atoms with E-state index in [-0.39, 0.29) is 17.6 Å². The van der Waals surface area contributed by atoms with Crippen LogP contribution in [0.4, 0.5) is 24.7 Å². The molecule has 3 aromatic rings. The van der Waals surface area contributed by atoms with Gasteiger partial charge in [-0.1, -0.05) is 0 Å². The highest BCUT2D eigenvalue weighted by atomic mass is 19.4. The molecule has 0 bridgehead atoms. The lowest BCUT2D eigenvalue weighted by molar-refractivity contribution is -0.274. The summed E-state index contributed by atoms with van der Waals surface area (Å²) in [4.78, 5) is 23.5. The summed E-state index contributed by atoms with van der Waals surface area (Å²) in [5.41, 5.74) is 2.25. The van der Waals surface area contributed by atoms with Crippen molar-refractivity contribution in [1.82, 2.24) is 19.7 Å². The number of anilines is 2. The number of amides is 1. The molecule has 11 heteroatoms. The zero-order valence-electron chi connectivity index (χ0n) is 18.1. The SMILES string of the molecule is Cc1cc(C)n(-c2cc(N3CCCC(C(=O)Nc4ccc(OC(F)(F)F)cc4)C3)ncn2)n1. The van der Waals surface area contributed by atoms with Crippen molar-refractivity contribution in [3.63, 3.8) is 0 Å². The molecule has 1 saturated heterocycles. The summed E-state index contributed by atoms with van der Waals surface area (Å²) in [5, 5.41) is 7.23. The van der Waals surface area contributed by atoms with Crippen molar-refractivity contribution >= 4 is 17.4 Å². The van der Waals surface area contributed by atoms with Crippen LogP contribution in [-0.2, 0) is 4.79 Å². The highest BCUT2D eigenvalue weighted by molar-refractivity contribution is 5.93. The van der Waals surface area contributed by atoms with Gasteiger partial charge in [-0.15, -0.1) is 13.2 Å². The summed E-state index contributed by atoms with van der Waals surface area (Å²) in [6.07, 6.45) is -1.77. The number of benzene rings is 1. The number of ether oxygens (including phenoxy) is 1. The number of piperidine rings is 1. The van der Waals surface area contributed by atoms with E-state index in [1.807, 2.05) is 30.9 Å². The first kappa shape index (κ1) is 22.6. The van der Waals surface area contributed by atoms with E-state index in [4.69, 9.17) is 0 Å². The fourth-order valence-electron chi connectivity index (χ4n) is 3.87. The Morgan fingerprint density at radius 2 is 1.85 bits per heavy atom. The molecule has 1 aliphatic heterocycles. The fourth-order valence-corrected chi connectivity index (χ4v) is 3.87. The number of carbonyl (C=O) groups is 1. The molecule has 1 unspecified atom stereocenters. The molecule has 1 N–H and O–H groups in total. The van der Waals surface area contributed by atoms with Gasteiger partial charge in [-0.25, -0.2) is 14.6 Å². The maximum atomic E-state index is 12.8. The molecule has 0 aliphatic carbocycles. The van der Waals surface area contributed by atoms with E-state index in [1.165, 1.54) is 18.5 Å². The molecular formula is C22H23F3N6O2. The van der Waals surface area contributed by atoms with Gasteiger partial charge in [-0.05, 0) is 57.0 Å². The third-order valence-corrected chi connectivity index (χ3v) is 5.34. The normalized spacial score (nSPS) is 16.5. The first-order valence-corrected chi connectivity index (χ1v) is 10.5. The van der Waals surface area contributed by atoms with Crippen LogP contribution >= 0.6 is 0 Å². The van der Waals surface area contributed by atoms with Crippen LogP contribution in [-0.4, -0.2) is 45.1 Å². The minimum Gasteiger partial charge on any atom is -0.406 e. The summed E-state index contributed by atoms with van der Waals surface area (Å²) in [6, 6.07) is 8.90. The van der Waals surface area contributed by atoms with Gasteiger partial charge in [0.15, 0.2) is 5.82 Å². The van der Waals surface area contributed by atoms with Gasteiger partial charge in [0.2, 0.25) is 5.91 Å². The van der Waals surface area contributed by atoms with Crippen LogP contribution in [0.15, 0.2) is 42.7 Å². The van der Waals surface area contributed by atoms with Gasteiger partial charge in [-0.2, -0.15) is 5.10 Å². The molecule has 3 heterocycles. The average Bonchev–Trinajstić information content (AvgIpc) is 3.12. The third-order valence-electron chi connectivity index (χ3n) is 5.34. The lowest BCUT2D eigenvalue weighted by Gasteiger charge is -2.33. The number of hydrogen-bond donors (Lipinski definition) is 1. The lowest BCUT2D eigenvalue weighted by Crippen LogP contribution is -2.41. The van der Waals surface area contributed by atoms with E-state index < -0.39 is 6.36 Å². The Balaban J connectivity index is 1.42. The molecule has 0 saturated carbocycles. The predicted molar refractivity (Wildman–Crippen MR) is 115 cm³/mol. The zero-order chi connectivity index (χ0) is 23.6. The molecular weight excluding hydrogens is 437 g/mol. The Morgan fingerprint density at radius 1 is 1.12 bits per heavy atom. The van der Waals surface area contributed by atoms with Crippen molar-refractivity contribution in [2.24, 2.45) is 5.92 Å². The lowest BCUT2D eigenvalue weighted by atomic mass is 9.97. The van der Waals surface area contributed by atoms with Gasteiger partial charge < -0.3 is 15.0 Å². The number of halogens is 3. The van der Waals surface area contributed by atoms with Gasteiger partial charge in [-0.3, -0.25) is 4.79 Å². The van der Waals surface area contributed by atoms with Crippen molar-refractivity contribution < 1.29 is 22.7 Å². The molecule has 4 rings (SSSR count). The van der Waals surface area contributed by atoms with Crippen molar-refractivity contribution in [2.45, 2.75) is 33.1 Å². The maximum Gasteiger partial charge on any atom is 0.573 e. The largest absolute Gasteiger partial charge is 0.573 e. The molecule has 174 valence electrons. The summed E-state index contributed by atoms with van der Waals surface area (Å²) < 4.78 is 42.5. The molecule has 1 aliphatic rings. The Labute approximate surface area is 188 Å². The van der Waals surface area contributed by atoms with E-state index in [9.17, 15) is 18.0 Å². The number of nitrogens with one attached hydrogen (secondary N) is 1. The van der Waals surface area contributed by atoms with Crippen LogP contribution in [0.25, 0.3) is 5.82 Å². The molecule has 33 heavy (non-hydrogen) atoms. The van der Waals surface area contributed by atoms with E-state index >= 15 is 0 Å². The predicted octanol–water partition coefficient (Wildman–Crippen LogP) is 4.03. The molecule has 1 amide bonds. The highest BCUT2D eigenvalue weighted by Crippen LogP contribution is 2.26. The molecule has 0 spiro atoms. The quantitative estimate of drug-likeness (QED) is 0.619. The van der Waals surface area contributed by atoms with Gasteiger partial charge in [0.1, 0.15) is 17.9 Å². The molecule has 2 aromatic heterocycles. The van der Waals surface area contributed by atoms with Crippen molar-refractivity contribution in [1.29, 1.82) is 0 Å². The minimum absolute atomic E-state index is 0.197. The molecule has 1 aromatic carbocycles. The highest BCUT2D eigenvalue weighted by Gasteiger charge is 2.31. The Kier molecular flexibility index (Phi) is 6.21. The Bertz CT molecular complexity index is 1130. The van der Waals surface area contributed by atoms with Crippen LogP contribution in [0.3, 0.4) is 0 Å². The number of hydrogen-bond acceptors (Lipinski definition) is 6. The van der Waals surface area contributed by atoms with Crippen LogP contribution in [0.5, 0.6) is 5.75 Å². The maximum absolute atomic E-state index is 12.8. The van der Waals surface area contributed by atoms with Gasteiger partial charge in [0.25, 0.3) is 0 Å². The van der Waals surface area contributed by atoms with E-state index in [1.54, 1.807) is 4.68 Å². The number of nitrogens with zero attached hydrogens (tertiary/aromatic N) is 5. The first-order chi connectivity index (χ1) is 15.7. The molecule has 1 fully saturated rings.